The molecule has 0 amide bonds. The van der Waals surface area contributed by atoms with E-state index in [4.69, 9.17) is 4.74 Å². The molecular formula is C8H16O3S. The molecule has 0 aliphatic carbocycles. The lowest BCUT2D eigenvalue weighted by atomic mass is 10.5. The maximum Gasteiger partial charge on any atom is 0.318 e. The standard InChI is InChI=1S/C8H16O3S/c1-7(8(9)11-3)12-6-4-5-10-2/h7H,4-6H2,1-3H3. The number of esters is 1. The van der Waals surface area contributed by atoms with Gasteiger partial charge >= 0.3 is 5.97 Å². The minimum Gasteiger partial charge on any atom is -0.468 e. The zero-order valence-corrected chi connectivity index (χ0v) is 8.65. The molecule has 0 aliphatic heterocycles. The summed E-state index contributed by atoms with van der Waals surface area (Å²) in [6, 6.07) is 0. The third-order valence-electron chi connectivity index (χ3n) is 1.39. The molecule has 0 fully saturated rings. The number of methoxy groups -OCH3 is 2. The molecule has 0 radical (unpaired) electrons. The Balaban J connectivity index is 3.31. The van der Waals surface area contributed by atoms with Crippen molar-refractivity contribution in [2.45, 2.75) is 18.6 Å². The van der Waals surface area contributed by atoms with Crippen LogP contribution in [0.25, 0.3) is 0 Å². The van der Waals surface area contributed by atoms with Gasteiger partial charge in [-0.1, -0.05) is 0 Å². The van der Waals surface area contributed by atoms with Crippen LogP contribution in [0.4, 0.5) is 0 Å². The first-order valence-corrected chi connectivity index (χ1v) is 4.95. The molecule has 1 atom stereocenters. The van der Waals surface area contributed by atoms with Crippen LogP contribution < -0.4 is 0 Å². The second-order valence-electron chi connectivity index (χ2n) is 2.38. The summed E-state index contributed by atoms with van der Waals surface area (Å²) in [5.74, 6) is 0.779. The number of hydrogen-bond donors (Lipinski definition) is 0. The fourth-order valence-electron chi connectivity index (χ4n) is 0.697. The molecule has 0 aliphatic rings. The zero-order chi connectivity index (χ0) is 9.40. The van der Waals surface area contributed by atoms with Crippen molar-refractivity contribution in [3.63, 3.8) is 0 Å². The highest BCUT2D eigenvalue weighted by Gasteiger charge is 2.12. The molecule has 0 aromatic carbocycles. The molecular weight excluding hydrogens is 176 g/mol. The second kappa shape index (κ2) is 7.43. The van der Waals surface area contributed by atoms with Gasteiger partial charge in [0.1, 0.15) is 0 Å². The second-order valence-corrected chi connectivity index (χ2v) is 3.83. The van der Waals surface area contributed by atoms with Crippen molar-refractivity contribution >= 4 is 17.7 Å². The lowest BCUT2D eigenvalue weighted by Crippen LogP contribution is -2.15. The summed E-state index contributed by atoms with van der Waals surface area (Å²) < 4.78 is 9.46. The lowest BCUT2D eigenvalue weighted by molar-refractivity contribution is -0.139. The molecule has 0 saturated carbocycles. The molecule has 0 rings (SSSR count). The first-order chi connectivity index (χ1) is 5.72. The van der Waals surface area contributed by atoms with Gasteiger partial charge in [-0.15, -0.1) is 11.8 Å². The Bertz CT molecular complexity index is 127. The molecule has 0 heterocycles. The average molecular weight is 192 g/mol. The van der Waals surface area contributed by atoms with Gasteiger partial charge < -0.3 is 9.47 Å². The van der Waals surface area contributed by atoms with Crippen LogP contribution in [0.2, 0.25) is 0 Å². The van der Waals surface area contributed by atoms with Gasteiger partial charge in [-0.3, -0.25) is 4.79 Å². The number of rotatable bonds is 6. The smallest absolute Gasteiger partial charge is 0.318 e. The maximum absolute atomic E-state index is 10.9. The van der Waals surface area contributed by atoms with Crippen LogP contribution in [-0.4, -0.2) is 37.8 Å². The Kier molecular flexibility index (Phi) is 7.29. The van der Waals surface area contributed by atoms with Crippen LogP contribution in [0.1, 0.15) is 13.3 Å². The first-order valence-electron chi connectivity index (χ1n) is 3.90. The van der Waals surface area contributed by atoms with E-state index in [9.17, 15) is 4.79 Å². The number of thioether (sulfide) groups is 1. The summed E-state index contributed by atoms with van der Waals surface area (Å²) in [4.78, 5) is 10.9. The van der Waals surface area contributed by atoms with Gasteiger partial charge in [0.2, 0.25) is 0 Å². The summed E-state index contributed by atoms with van der Waals surface area (Å²) in [6.07, 6.45) is 0.975. The number of carbonyl (C=O) groups excluding carboxylic acids is 1. The van der Waals surface area contributed by atoms with Gasteiger partial charge in [0.15, 0.2) is 0 Å². The lowest BCUT2D eigenvalue weighted by Gasteiger charge is -2.07. The molecule has 4 heteroatoms. The van der Waals surface area contributed by atoms with Crippen LogP contribution in [-0.2, 0) is 14.3 Å². The van der Waals surface area contributed by atoms with Crippen LogP contribution in [0, 0.1) is 0 Å². The molecule has 72 valence electrons. The molecule has 0 spiro atoms. The fraction of sp³-hybridized carbons (Fsp3) is 0.875. The van der Waals surface area contributed by atoms with Gasteiger partial charge in [-0.25, -0.2) is 0 Å². The molecule has 0 bridgehead atoms. The molecule has 0 saturated heterocycles. The van der Waals surface area contributed by atoms with E-state index >= 15 is 0 Å². The quantitative estimate of drug-likeness (QED) is 0.469. The SMILES string of the molecule is COCCCSC(C)C(=O)OC. The van der Waals surface area contributed by atoms with Crippen molar-refractivity contribution in [2.75, 3.05) is 26.6 Å². The van der Waals surface area contributed by atoms with Gasteiger partial charge in [0.25, 0.3) is 0 Å². The van der Waals surface area contributed by atoms with Gasteiger partial charge in [-0.05, 0) is 19.1 Å². The van der Waals surface area contributed by atoms with E-state index in [-0.39, 0.29) is 11.2 Å². The summed E-state index contributed by atoms with van der Waals surface area (Å²) in [5.41, 5.74) is 0. The van der Waals surface area contributed by atoms with Gasteiger partial charge in [0, 0.05) is 13.7 Å². The van der Waals surface area contributed by atoms with Crippen molar-refractivity contribution in [1.29, 1.82) is 0 Å². The highest BCUT2D eigenvalue weighted by molar-refractivity contribution is 8.00. The monoisotopic (exact) mass is 192 g/mol. The Morgan fingerprint density at radius 3 is 2.67 bits per heavy atom. The van der Waals surface area contributed by atoms with E-state index in [1.807, 2.05) is 6.92 Å². The highest BCUT2D eigenvalue weighted by Crippen LogP contribution is 2.12. The van der Waals surface area contributed by atoms with E-state index in [2.05, 4.69) is 4.74 Å². The van der Waals surface area contributed by atoms with Gasteiger partial charge in [-0.2, -0.15) is 0 Å². The number of carbonyl (C=O) groups is 1. The zero-order valence-electron chi connectivity index (χ0n) is 7.83. The van der Waals surface area contributed by atoms with E-state index in [1.54, 1.807) is 18.9 Å². The number of ether oxygens (including phenoxy) is 2. The minimum atomic E-state index is -0.155. The summed E-state index contributed by atoms with van der Waals surface area (Å²) in [6.45, 7) is 2.60. The van der Waals surface area contributed by atoms with Crippen molar-refractivity contribution in [2.24, 2.45) is 0 Å². The van der Waals surface area contributed by atoms with Crippen LogP contribution in [0.15, 0.2) is 0 Å². The topological polar surface area (TPSA) is 35.5 Å². The molecule has 12 heavy (non-hydrogen) atoms. The molecule has 3 nitrogen and oxygen atoms in total. The Hall–Kier alpha value is -0.220. The molecule has 0 aromatic heterocycles. The maximum atomic E-state index is 10.9. The first kappa shape index (κ1) is 11.8. The average Bonchev–Trinajstić information content (AvgIpc) is 2.10. The van der Waals surface area contributed by atoms with E-state index in [0.717, 1.165) is 18.8 Å². The third-order valence-corrected chi connectivity index (χ3v) is 2.61. The van der Waals surface area contributed by atoms with Gasteiger partial charge in [0.05, 0.1) is 12.4 Å². The summed E-state index contributed by atoms with van der Waals surface area (Å²) >= 11 is 1.59. The Morgan fingerprint density at radius 1 is 1.50 bits per heavy atom. The summed E-state index contributed by atoms with van der Waals surface area (Å²) in [7, 11) is 3.09. The molecule has 1 unspecified atom stereocenters. The predicted molar refractivity (Wildman–Crippen MR) is 50.4 cm³/mol. The van der Waals surface area contributed by atoms with Crippen molar-refractivity contribution in [3.8, 4) is 0 Å². The van der Waals surface area contributed by atoms with E-state index in [1.165, 1.54) is 7.11 Å². The Labute approximate surface area is 77.8 Å². The van der Waals surface area contributed by atoms with Crippen molar-refractivity contribution < 1.29 is 14.3 Å². The molecule has 0 aromatic rings. The normalized spacial score (nSPS) is 12.6. The Morgan fingerprint density at radius 2 is 2.17 bits per heavy atom. The fourth-order valence-corrected chi connectivity index (χ4v) is 1.57. The van der Waals surface area contributed by atoms with E-state index in [0.29, 0.717) is 0 Å². The van der Waals surface area contributed by atoms with Crippen molar-refractivity contribution in [1.82, 2.24) is 0 Å². The van der Waals surface area contributed by atoms with Crippen LogP contribution >= 0.6 is 11.8 Å². The van der Waals surface area contributed by atoms with Crippen LogP contribution in [0.3, 0.4) is 0 Å². The highest BCUT2D eigenvalue weighted by atomic mass is 32.2. The summed E-state index contributed by atoms with van der Waals surface area (Å²) in [5, 5.41) is -0.0631. The largest absolute Gasteiger partial charge is 0.468 e. The van der Waals surface area contributed by atoms with Crippen molar-refractivity contribution in [3.05, 3.63) is 0 Å². The van der Waals surface area contributed by atoms with Crippen LogP contribution in [0.5, 0.6) is 0 Å². The van der Waals surface area contributed by atoms with E-state index < -0.39 is 0 Å². The molecule has 0 N–H and O–H groups in total. The predicted octanol–water partition coefficient (Wildman–Crippen LogP) is 1.32. The third kappa shape index (κ3) is 5.43. The minimum absolute atomic E-state index is 0.0631. The number of hydrogen-bond acceptors (Lipinski definition) is 4.